The van der Waals surface area contributed by atoms with E-state index in [1.54, 1.807) is 23.5 Å². The van der Waals surface area contributed by atoms with Crippen LogP contribution in [0.2, 0.25) is 0 Å². The second-order valence-electron chi connectivity index (χ2n) is 4.35. The first kappa shape index (κ1) is 13.1. The van der Waals surface area contributed by atoms with Gasteiger partial charge in [-0.3, -0.25) is 0 Å². The van der Waals surface area contributed by atoms with Crippen molar-refractivity contribution in [3.8, 4) is 6.07 Å². The van der Waals surface area contributed by atoms with Crippen molar-refractivity contribution in [1.82, 2.24) is 0 Å². The van der Waals surface area contributed by atoms with Crippen molar-refractivity contribution >= 4 is 39.5 Å². The highest BCUT2D eigenvalue weighted by Gasteiger charge is 2.18. The van der Waals surface area contributed by atoms with Gasteiger partial charge in [0.2, 0.25) is 0 Å². The Morgan fingerprint density at radius 3 is 2.37 bits per heavy atom. The molecular weight excluding hydrogens is 338 g/mol. The van der Waals surface area contributed by atoms with Gasteiger partial charge in [0.15, 0.2) is 0 Å². The molecule has 0 aliphatic carbocycles. The first-order valence-corrected chi connectivity index (χ1v) is 8.29. The molecule has 0 spiro atoms. The zero-order chi connectivity index (χ0) is 13.4. The predicted molar refractivity (Wildman–Crippen MR) is 82.9 cm³/mol. The van der Waals surface area contributed by atoms with Crippen molar-refractivity contribution < 1.29 is 0 Å². The fraction of sp³-hybridized carbons (Fsp3) is 0.133. The molecule has 0 fully saturated rings. The predicted octanol–water partition coefficient (Wildman–Crippen LogP) is 5.69. The zero-order valence-electron chi connectivity index (χ0n) is 10.2. The Morgan fingerprint density at radius 2 is 1.63 bits per heavy atom. The molecule has 2 aromatic rings. The minimum absolute atomic E-state index is 0.0557. The van der Waals surface area contributed by atoms with Gasteiger partial charge in [-0.1, -0.05) is 45.5 Å². The Labute approximate surface area is 129 Å². The van der Waals surface area contributed by atoms with Crippen LogP contribution in [0.4, 0.5) is 0 Å². The zero-order valence-corrected chi connectivity index (χ0v) is 13.4. The molecule has 1 atom stereocenters. The van der Waals surface area contributed by atoms with Crippen molar-refractivity contribution in [3.05, 3.63) is 46.4 Å². The maximum absolute atomic E-state index is 9.02. The van der Waals surface area contributed by atoms with E-state index in [9.17, 15) is 0 Å². The molecule has 1 aliphatic heterocycles. The average Bonchev–Trinajstić information content (AvgIpc) is 2.43. The fourth-order valence-corrected chi connectivity index (χ4v) is 4.71. The molecule has 0 bridgehead atoms. The van der Waals surface area contributed by atoms with E-state index in [0.29, 0.717) is 0 Å². The van der Waals surface area contributed by atoms with E-state index < -0.39 is 0 Å². The van der Waals surface area contributed by atoms with E-state index in [0.717, 1.165) is 10.0 Å². The Bertz CT molecular complexity index is 691. The van der Waals surface area contributed by atoms with Crippen molar-refractivity contribution in [2.24, 2.45) is 0 Å². The lowest BCUT2D eigenvalue weighted by Crippen LogP contribution is -1.94. The van der Waals surface area contributed by atoms with Gasteiger partial charge in [0.25, 0.3) is 0 Å². The Hall–Kier alpha value is -0.890. The number of benzene rings is 2. The number of fused-ring (bicyclic) bond motifs is 2. The van der Waals surface area contributed by atoms with Gasteiger partial charge in [0, 0.05) is 24.1 Å². The summed E-state index contributed by atoms with van der Waals surface area (Å²) < 4.78 is 1.10. The van der Waals surface area contributed by atoms with E-state index in [4.69, 9.17) is 5.26 Å². The van der Waals surface area contributed by atoms with Crippen molar-refractivity contribution in [3.63, 3.8) is 0 Å². The summed E-state index contributed by atoms with van der Waals surface area (Å²) in [6.45, 7) is 1.94. The van der Waals surface area contributed by atoms with Crippen molar-refractivity contribution in [2.75, 3.05) is 0 Å². The number of halogens is 1. The van der Waals surface area contributed by atoms with Crippen LogP contribution >= 0.6 is 39.5 Å². The van der Waals surface area contributed by atoms with E-state index in [1.165, 1.54) is 19.6 Å². The maximum atomic E-state index is 9.02. The van der Waals surface area contributed by atoms with E-state index in [2.05, 4.69) is 58.4 Å². The molecule has 0 radical (unpaired) electrons. The average molecular weight is 348 g/mol. The summed E-state index contributed by atoms with van der Waals surface area (Å²) >= 11 is 7.09. The van der Waals surface area contributed by atoms with Gasteiger partial charge < -0.3 is 0 Å². The minimum Gasteiger partial charge on any atom is -0.198 e. The van der Waals surface area contributed by atoms with E-state index >= 15 is 0 Å². The minimum atomic E-state index is -0.0557. The van der Waals surface area contributed by atoms with Crippen LogP contribution in [0, 0.1) is 11.3 Å². The maximum Gasteiger partial charge on any atom is 0.0700 e. The second-order valence-corrected chi connectivity index (χ2v) is 7.44. The smallest absolute Gasteiger partial charge is 0.0700 e. The number of rotatable bonds is 1. The lowest BCUT2D eigenvalue weighted by Gasteiger charge is -2.19. The molecular formula is C15H10BrNS2. The summed E-state index contributed by atoms with van der Waals surface area (Å²) in [6, 6.07) is 15.0. The molecule has 19 heavy (non-hydrogen) atoms. The van der Waals surface area contributed by atoms with E-state index in [1.807, 2.05) is 6.92 Å². The molecule has 1 nitrogen and oxygen atoms in total. The number of nitrogens with zero attached hydrogens (tertiary/aromatic N) is 1. The van der Waals surface area contributed by atoms with Gasteiger partial charge in [-0.15, -0.1) is 0 Å². The van der Waals surface area contributed by atoms with Crippen LogP contribution in [0.5, 0.6) is 0 Å². The highest BCUT2D eigenvalue weighted by molar-refractivity contribution is 9.10. The third-order valence-electron chi connectivity index (χ3n) is 3.01. The Kier molecular flexibility index (Phi) is 3.62. The first-order chi connectivity index (χ1) is 9.17. The van der Waals surface area contributed by atoms with Gasteiger partial charge in [-0.25, -0.2) is 0 Å². The van der Waals surface area contributed by atoms with Gasteiger partial charge in [-0.2, -0.15) is 5.26 Å². The standard InChI is InChI=1S/C15H10BrNS2/c1-9(8-17)10-2-4-12-14(6-10)19-15-7-11(16)3-5-13(15)18-12/h2-7,9H,1H3. The first-order valence-electron chi connectivity index (χ1n) is 5.86. The monoisotopic (exact) mass is 347 g/mol. The molecule has 0 saturated carbocycles. The van der Waals surface area contributed by atoms with Crippen LogP contribution in [-0.4, -0.2) is 0 Å². The lowest BCUT2D eigenvalue weighted by atomic mass is 10.0. The summed E-state index contributed by atoms with van der Waals surface area (Å²) in [5.41, 5.74) is 1.09. The number of hydrogen-bond acceptors (Lipinski definition) is 3. The Balaban J connectivity index is 2.01. The molecule has 1 aliphatic rings. The number of hydrogen-bond donors (Lipinski definition) is 0. The van der Waals surface area contributed by atoms with Crippen LogP contribution in [0.1, 0.15) is 18.4 Å². The van der Waals surface area contributed by atoms with Gasteiger partial charge in [0.05, 0.1) is 12.0 Å². The third-order valence-corrected chi connectivity index (χ3v) is 6.03. The number of nitriles is 1. The quantitative estimate of drug-likeness (QED) is 0.564. The molecule has 2 aromatic carbocycles. The van der Waals surface area contributed by atoms with Gasteiger partial charge in [-0.05, 0) is 42.8 Å². The van der Waals surface area contributed by atoms with Crippen LogP contribution in [0.3, 0.4) is 0 Å². The third kappa shape index (κ3) is 2.55. The molecule has 94 valence electrons. The van der Waals surface area contributed by atoms with Crippen LogP contribution in [0.15, 0.2) is 60.5 Å². The fourth-order valence-electron chi connectivity index (χ4n) is 1.92. The highest BCUT2D eigenvalue weighted by Crippen LogP contribution is 2.49. The largest absolute Gasteiger partial charge is 0.198 e. The Morgan fingerprint density at radius 1 is 1.00 bits per heavy atom. The molecule has 0 saturated heterocycles. The summed E-state index contributed by atoms with van der Waals surface area (Å²) in [7, 11) is 0. The second kappa shape index (κ2) is 5.24. The molecule has 0 amide bonds. The summed E-state index contributed by atoms with van der Waals surface area (Å²) in [5, 5.41) is 9.02. The summed E-state index contributed by atoms with van der Waals surface area (Å²) in [6.07, 6.45) is 0. The molecule has 3 rings (SSSR count). The lowest BCUT2D eigenvalue weighted by molar-refractivity contribution is 0.963. The summed E-state index contributed by atoms with van der Waals surface area (Å²) in [4.78, 5) is 5.08. The topological polar surface area (TPSA) is 23.8 Å². The molecule has 1 unspecified atom stereocenters. The molecule has 1 heterocycles. The molecule has 0 N–H and O–H groups in total. The van der Waals surface area contributed by atoms with Crippen LogP contribution in [-0.2, 0) is 0 Å². The van der Waals surface area contributed by atoms with Crippen molar-refractivity contribution in [2.45, 2.75) is 32.4 Å². The SMILES string of the molecule is CC(C#N)c1ccc2c(c1)Sc1cc(Br)ccc1S2. The highest BCUT2D eigenvalue weighted by atomic mass is 79.9. The normalized spacial score (nSPS) is 14.2. The van der Waals surface area contributed by atoms with Gasteiger partial charge in [0.1, 0.15) is 0 Å². The molecule has 0 aromatic heterocycles. The summed E-state index contributed by atoms with van der Waals surface area (Å²) in [5.74, 6) is -0.0557. The van der Waals surface area contributed by atoms with Crippen LogP contribution < -0.4 is 0 Å². The van der Waals surface area contributed by atoms with Crippen molar-refractivity contribution in [1.29, 1.82) is 5.26 Å². The van der Waals surface area contributed by atoms with E-state index in [-0.39, 0.29) is 5.92 Å². The van der Waals surface area contributed by atoms with Crippen LogP contribution in [0.25, 0.3) is 0 Å². The van der Waals surface area contributed by atoms with Gasteiger partial charge >= 0.3 is 0 Å². The molecule has 4 heteroatoms.